The number of hydrogen-bond acceptors (Lipinski definition) is 4. The van der Waals surface area contributed by atoms with Crippen molar-refractivity contribution >= 4 is 43.4 Å². The van der Waals surface area contributed by atoms with E-state index in [0.717, 1.165) is 19.1 Å². The van der Waals surface area contributed by atoms with E-state index in [0.29, 0.717) is 0 Å². The summed E-state index contributed by atoms with van der Waals surface area (Å²) in [5.41, 5.74) is 1.24. The van der Waals surface area contributed by atoms with E-state index >= 15 is 0 Å². The molecule has 0 aliphatic heterocycles. The van der Waals surface area contributed by atoms with Crippen molar-refractivity contribution < 1.29 is 28.9 Å². The van der Waals surface area contributed by atoms with Crippen LogP contribution in [0.1, 0.15) is 0 Å². The molecule has 0 aliphatic carbocycles. The van der Waals surface area contributed by atoms with Crippen LogP contribution in [-0.4, -0.2) is 12.0 Å². The molecule has 4 nitrogen and oxygen atoms in total. The van der Waals surface area contributed by atoms with Crippen LogP contribution in [0.25, 0.3) is 9.40 Å². The molecular formula is C14H11IN2O2S2. The quantitative estimate of drug-likeness (QED) is 0.259. The number of para-hydroxylation sites is 1. The average molecular weight is 430 g/mol. The van der Waals surface area contributed by atoms with Crippen LogP contribution < -0.4 is 32.5 Å². The molecule has 7 heteroatoms. The fourth-order valence-electron chi connectivity index (χ4n) is 1.88. The molecule has 0 fully saturated rings. The first kappa shape index (κ1) is 16.1. The Kier molecular flexibility index (Phi) is 5.07. The van der Waals surface area contributed by atoms with E-state index in [1.54, 1.807) is 34.8 Å². The van der Waals surface area contributed by atoms with Gasteiger partial charge in [0, 0.05) is 24.3 Å². The summed E-state index contributed by atoms with van der Waals surface area (Å²) in [7, 11) is 2.00. The molecule has 0 bridgehead atoms. The van der Waals surface area contributed by atoms with E-state index in [1.807, 2.05) is 43.4 Å². The van der Waals surface area contributed by atoms with Crippen molar-refractivity contribution in [3.63, 3.8) is 0 Å². The number of rotatable bonds is 2. The van der Waals surface area contributed by atoms with Crippen LogP contribution in [0.3, 0.4) is 0 Å². The van der Waals surface area contributed by atoms with E-state index in [2.05, 4.69) is 4.58 Å². The summed E-state index contributed by atoms with van der Waals surface area (Å²) in [5, 5.41) is 10.8. The third kappa shape index (κ3) is 3.30. The van der Waals surface area contributed by atoms with Gasteiger partial charge in [0.1, 0.15) is 7.05 Å². The monoisotopic (exact) mass is 430 g/mol. The van der Waals surface area contributed by atoms with Gasteiger partial charge in [0.15, 0.2) is 0 Å². The van der Waals surface area contributed by atoms with Crippen molar-refractivity contribution in [1.29, 1.82) is 0 Å². The van der Waals surface area contributed by atoms with E-state index in [-0.39, 0.29) is 34.6 Å². The van der Waals surface area contributed by atoms with E-state index in [9.17, 15) is 10.1 Å². The number of nitro benzene ring substituents is 1. The number of fused-ring (bicyclic) bond motifs is 1. The Bertz CT molecular complexity index is 856. The molecule has 0 spiro atoms. The van der Waals surface area contributed by atoms with Crippen LogP contribution in [0.5, 0.6) is 0 Å². The number of halogens is 1. The second kappa shape index (κ2) is 6.63. The standard InChI is InChI=1S/C14H11N2O2S2.HI/c1-15(10-5-3-2-4-6-10)14-19-12-8-7-11(16(17)18)9-13(12)20-14;/h2-9H,1H3;1H/q+1;/p-1. The summed E-state index contributed by atoms with van der Waals surface area (Å²) in [6.07, 6.45) is 0. The molecular weight excluding hydrogens is 419 g/mol. The Morgan fingerprint density at radius 1 is 0.952 bits per heavy atom. The third-order valence-corrected chi connectivity index (χ3v) is 5.61. The van der Waals surface area contributed by atoms with Gasteiger partial charge in [0.25, 0.3) is 5.69 Å². The van der Waals surface area contributed by atoms with Gasteiger partial charge in [-0.15, -0.1) is 0 Å². The lowest BCUT2D eigenvalue weighted by Gasteiger charge is -1.91. The van der Waals surface area contributed by atoms with Gasteiger partial charge < -0.3 is 24.0 Å². The van der Waals surface area contributed by atoms with Crippen LogP contribution in [0.4, 0.5) is 11.4 Å². The van der Waals surface area contributed by atoms with Gasteiger partial charge >= 0.3 is 3.98 Å². The highest BCUT2D eigenvalue weighted by molar-refractivity contribution is 7.35. The highest BCUT2D eigenvalue weighted by Crippen LogP contribution is 2.26. The molecule has 0 saturated carbocycles. The molecule has 1 aromatic heterocycles. The van der Waals surface area contributed by atoms with Crippen LogP contribution >= 0.6 is 22.7 Å². The van der Waals surface area contributed by atoms with Gasteiger partial charge in [-0.3, -0.25) is 10.1 Å². The maximum atomic E-state index is 10.8. The molecule has 0 N–H and O–H groups in total. The minimum absolute atomic E-state index is 0. The molecule has 108 valence electrons. The van der Waals surface area contributed by atoms with E-state index in [1.165, 1.54) is 0 Å². The highest BCUT2D eigenvalue weighted by Gasteiger charge is 2.12. The minimum atomic E-state index is -0.357. The molecule has 0 aliphatic rings. The van der Waals surface area contributed by atoms with Gasteiger partial charge in [-0.25, -0.2) is 0 Å². The van der Waals surface area contributed by atoms with Gasteiger partial charge in [0.2, 0.25) is 5.69 Å². The summed E-state index contributed by atoms with van der Waals surface area (Å²) < 4.78 is 5.22. The molecule has 3 aromatic rings. The van der Waals surface area contributed by atoms with Crippen molar-refractivity contribution in [3.8, 4) is 0 Å². The average Bonchev–Trinajstić information content (AvgIpc) is 2.90. The van der Waals surface area contributed by atoms with Crippen molar-refractivity contribution in [2.24, 2.45) is 0 Å². The number of nitro groups is 1. The van der Waals surface area contributed by atoms with Gasteiger partial charge in [-0.2, -0.15) is 4.58 Å². The summed E-state index contributed by atoms with van der Waals surface area (Å²) in [5.74, 6) is 0. The van der Waals surface area contributed by atoms with Gasteiger partial charge in [-0.1, -0.05) is 40.9 Å². The number of benzene rings is 2. The Balaban J connectivity index is 0.00000161. The molecule has 0 amide bonds. The third-order valence-electron chi connectivity index (χ3n) is 2.95. The van der Waals surface area contributed by atoms with Gasteiger partial charge in [0.05, 0.1) is 14.3 Å². The zero-order chi connectivity index (χ0) is 14.1. The SMILES string of the molecule is C[N+](c1ccccc1)=c1sc2ccc([N+](=O)[O-])cc2s1.[I-]. The topological polar surface area (TPSA) is 46.1 Å². The first-order valence-electron chi connectivity index (χ1n) is 5.95. The smallest absolute Gasteiger partial charge is 0.320 e. The lowest BCUT2D eigenvalue weighted by molar-refractivity contribution is -0.384. The number of nitrogens with zero attached hydrogens (tertiary/aromatic N) is 2. The fraction of sp³-hybridized carbons (Fsp3) is 0.0714. The zero-order valence-electron chi connectivity index (χ0n) is 11.0. The number of hydrogen-bond donors (Lipinski definition) is 0. The molecule has 0 radical (unpaired) electrons. The maximum Gasteiger partial charge on any atom is 0.320 e. The van der Waals surface area contributed by atoms with Gasteiger partial charge in [-0.05, 0) is 6.07 Å². The maximum absolute atomic E-state index is 10.8. The second-order valence-corrected chi connectivity index (χ2v) is 6.57. The van der Waals surface area contributed by atoms with Crippen molar-refractivity contribution in [3.05, 3.63) is 62.6 Å². The lowest BCUT2D eigenvalue weighted by Crippen LogP contribution is -3.00. The van der Waals surface area contributed by atoms with E-state index in [4.69, 9.17) is 0 Å². The predicted octanol–water partition coefficient (Wildman–Crippen LogP) is 0.609. The van der Waals surface area contributed by atoms with Crippen molar-refractivity contribution in [2.75, 3.05) is 7.05 Å². The Labute approximate surface area is 146 Å². The summed E-state index contributed by atoms with van der Waals surface area (Å²) in [6, 6.07) is 15.1. The first-order valence-corrected chi connectivity index (χ1v) is 7.58. The molecule has 0 saturated heterocycles. The Hall–Kier alpha value is -1.32. The number of non-ortho nitro benzene ring substituents is 1. The normalized spacial score (nSPS) is 11.9. The first-order chi connectivity index (χ1) is 9.65. The van der Waals surface area contributed by atoms with Crippen molar-refractivity contribution in [1.82, 2.24) is 4.58 Å². The van der Waals surface area contributed by atoms with Crippen LogP contribution in [-0.2, 0) is 0 Å². The second-order valence-electron chi connectivity index (χ2n) is 4.25. The predicted molar refractivity (Wildman–Crippen MR) is 83.7 cm³/mol. The molecule has 3 rings (SSSR count). The summed E-state index contributed by atoms with van der Waals surface area (Å²) >= 11 is 3.21. The van der Waals surface area contributed by atoms with Crippen LogP contribution in [0.15, 0.2) is 48.5 Å². The Morgan fingerprint density at radius 3 is 2.29 bits per heavy atom. The highest BCUT2D eigenvalue weighted by atomic mass is 127. The molecule has 21 heavy (non-hydrogen) atoms. The molecule has 0 atom stereocenters. The van der Waals surface area contributed by atoms with Crippen LogP contribution in [0, 0.1) is 10.1 Å². The fourth-order valence-corrected chi connectivity index (χ4v) is 4.34. The minimum Gasteiger partial charge on any atom is -1.00 e. The molecule has 1 heterocycles. The lowest BCUT2D eigenvalue weighted by atomic mass is 10.3. The molecule has 2 aromatic carbocycles. The summed E-state index contributed by atoms with van der Waals surface area (Å²) in [6.45, 7) is 0. The zero-order valence-corrected chi connectivity index (χ0v) is 14.8. The molecule has 0 unspecified atom stereocenters. The van der Waals surface area contributed by atoms with Crippen LogP contribution in [0.2, 0.25) is 0 Å². The van der Waals surface area contributed by atoms with E-state index < -0.39 is 0 Å². The summed E-state index contributed by atoms with van der Waals surface area (Å²) in [4.78, 5) is 10.5. The van der Waals surface area contributed by atoms with Crippen molar-refractivity contribution in [2.45, 2.75) is 0 Å². The largest absolute Gasteiger partial charge is 1.00 e. The Morgan fingerprint density at radius 2 is 1.62 bits per heavy atom.